The Morgan fingerprint density at radius 1 is 0.722 bits per heavy atom. The summed E-state index contributed by atoms with van der Waals surface area (Å²) in [5.41, 5.74) is 0.581. The van der Waals surface area contributed by atoms with Crippen LogP contribution in [0.4, 0.5) is 5.69 Å². The molecule has 0 aliphatic heterocycles. The van der Waals surface area contributed by atoms with Gasteiger partial charge in [0.1, 0.15) is 6.04 Å². The van der Waals surface area contributed by atoms with Crippen LogP contribution in [0, 0.1) is 10.8 Å². The number of anilines is 1. The maximum absolute atomic E-state index is 13.7. The van der Waals surface area contributed by atoms with Gasteiger partial charge < -0.3 is 10.6 Å². The number of rotatable bonds is 7. The predicted octanol–water partition coefficient (Wildman–Crippen LogP) is 7.04. The van der Waals surface area contributed by atoms with Gasteiger partial charge in [-0.25, -0.2) is 0 Å². The lowest BCUT2D eigenvalue weighted by atomic mass is 9.75. The third-order valence-electron chi connectivity index (χ3n) is 8.00. The molecule has 0 heterocycles. The normalized spacial score (nSPS) is 19.6. The van der Waals surface area contributed by atoms with Crippen molar-refractivity contribution < 1.29 is 14.4 Å². The first-order chi connectivity index (χ1) is 17.3. The van der Waals surface area contributed by atoms with Crippen LogP contribution >= 0.6 is 11.8 Å². The summed E-state index contributed by atoms with van der Waals surface area (Å²) >= 11 is 1.08. The first-order valence-corrected chi connectivity index (χ1v) is 14.1. The fourth-order valence-corrected chi connectivity index (χ4v) is 6.35. The number of hydrogen-bond donors (Lipinski definition) is 2. The molecule has 0 radical (unpaired) electrons. The molecule has 2 aromatic rings. The molecule has 0 saturated heterocycles. The van der Waals surface area contributed by atoms with E-state index in [4.69, 9.17) is 0 Å². The van der Waals surface area contributed by atoms with Crippen LogP contribution in [-0.4, -0.2) is 16.9 Å². The minimum absolute atomic E-state index is 0.0147. The molecular weight excluding hydrogens is 468 g/mol. The van der Waals surface area contributed by atoms with Gasteiger partial charge in [-0.2, -0.15) is 0 Å². The molecule has 2 aliphatic rings. The number of amides is 2. The van der Waals surface area contributed by atoms with Gasteiger partial charge in [0.15, 0.2) is 0 Å². The Morgan fingerprint density at radius 3 is 1.86 bits per heavy atom. The quantitative estimate of drug-likeness (QED) is 0.395. The Kier molecular flexibility index (Phi) is 8.55. The van der Waals surface area contributed by atoms with Crippen LogP contribution in [-0.2, 0) is 14.4 Å². The zero-order valence-electron chi connectivity index (χ0n) is 21.5. The van der Waals surface area contributed by atoms with Crippen LogP contribution in [0.3, 0.4) is 0 Å². The second-order valence-electron chi connectivity index (χ2n) is 10.9. The van der Waals surface area contributed by atoms with E-state index in [9.17, 15) is 14.4 Å². The highest BCUT2D eigenvalue weighted by Crippen LogP contribution is 2.40. The molecule has 0 spiro atoms. The molecule has 2 amide bonds. The van der Waals surface area contributed by atoms with Crippen molar-refractivity contribution >= 4 is 34.4 Å². The summed E-state index contributed by atoms with van der Waals surface area (Å²) in [7, 11) is 0. The van der Waals surface area contributed by atoms with E-state index in [1.165, 1.54) is 6.42 Å². The molecule has 2 aromatic carbocycles. The minimum atomic E-state index is -0.762. The number of hydrogen-bond acceptors (Lipinski definition) is 4. The number of thioether (sulfide) groups is 1. The van der Waals surface area contributed by atoms with E-state index in [0.29, 0.717) is 10.6 Å². The van der Waals surface area contributed by atoms with Gasteiger partial charge in [-0.05, 0) is 55.1 Å². The Bertz CT molecular complexity index is 1070. The molecule has 36 heavy (non-hydrogen) atoms. The molecule has 2 aliphatic carbocycles. The number of carbonyl (C=O) groups is 3. The molecule has 2 saturated carbocycles. The number of carbonyl (C=O) groups excluding carboxylic acids is 3. The average Bonchev–Trinajstić information content (AvgIpc) is 2.89. The molecule has 0 aromatic heterocycles. The minimum Gasteiger partial charge on any atom is -0.341 e. The fourth-order valence-electron chi connectivity index (χ4n) is 5.45. The van der Waals surface area contributed by atoms with Crippen molar-refractivity contribution in [2.75, 3.05) is 5.32 Å². The Morgan fingerprint density at radius 2 is 1.25 bits per heavy atom. The smallest absolute Gasteiger partial charge is 0.230 e. The van der Waals surface area contributed by atoms with Crippen LogP contribution in [0.15, 0.2) is 59.5 Å². The van der Waals surface area contributed by atoms with E-state index in [1.54, 1.807) is 0 Å². The SMILES string of the molecule is CC1(C(=O)Nc2ccccc2SC(=O)[C@H](NC(=O)C2(C)CCCCC2)c2ccccc2)CCCCC1. The van der Waals surface area contributed by atoms with Gasteiger partial charge in [-0.1, -0.05) is 94.8 Å². The summed E-state index contributed by atoms with van der Waals surface area (Å²) < 4.78 is 0. The number of para-hydroxylation sites is 1. The standard InChI is InChI=1S/C30H38N2O3S/c1-29(18-10-4-11-19-29)27(34)31-23-16-8-9-17-24(23)36-26(33)25(22-14-6-3-7-15-22)32-28(35)30(2)20-12-5-13-21-30/h3,6-9,14-17,25H,4-5,10-13,18-21H2,1-2H3,(H,31,34)(H,32,35)/t25-/m1/s1. The number of nitrogens with one attached hydrogen (secondary N) is 2. The molecule has 2 N–H and O–H groups in total. The first kappa shape index (κ1) is 26.5. The Balaban J connectivity index is 1.53. The van der Waals surface area contributed by atoms with E-state index >= 15 is 0 Å². The summed E-state index contributed by atoms with van der Waals surface area (Å²) in [5, 5.41) is 6.02. The molecule has 0 unspecified atom stereocenters. The van der Waals surface area contributed by atoms with Gasteiger partial charge in [-0.15, -0.1) is 0 Å². The van der Waals surface area contributed by atoms with Crippen molar-refractivity contribution in [2.24, 2.45) is 10.8 Å². The van der Waals surface area contributed by atoms with Gasteiger partial charge >= 0.3 is 0 Å². The van der Waals surface area contributed by atoms with Gasteiger partial charge in [0, 0.05) is 15.7 Å². The lowest BCUT2D eigenvalue weighted by Crippen LogP contribution is -2.43. The van der Waals surface area contributed by atoms with Crippen molar-refractivity contribution in [3.63, 3.8) is 0 Å². The van der Waals surface area contributed by atoms with Crippen LogP contribution in [0.1, 0.15) is 89.7 Å². The monoisotopic (exact) mass is 506 g/mol. The largest absolute Gasteiger partial charge is 0.341 e. The third kappa shape index (κ3) is 6.20. The van der Waals surface area contributed by atoms with E-state index < -0.39 is 11.5 Å². The highest BCUT2D eigenvalue weighted by atomic mass is 32.2. The van der Waals surface area contributed by atoms with E-state index in [-0.39, 0.29) is 22.3 Å². The Labute approximate surface area is 219 Å². The Hall–Kier alpha value is -2.60. The van der Waals surface area contributed by atoms with Crippen LogP contribution in [0.2, 0.25) is 0 Å². The second kappa shape index (κ2) is 11.6. The molecule has 6 heteroatoms. The molecule has 0 bridgehead atoms. The zero-order chi connectivity index (χ0) is 25.6. The van der Waals surface area contributed by atoms with Crippen molar-refractivity contribution in [2.45, 2.75) is 89.0 Å². The molecule has 2 fully saturated rings. The molecule has 1 atom stereocenters. The zero-order valence-corrected chi connectivity index (χ0v) is 22.3. The summed E-state index contributed by atoms with van der Waals surface area (Å²) in [6.07, 6.45) is 9.98. The van der Waals surface area contributed by atoms with Crippen molar-refractivity contribution in [1.82, 2.24) is 5.32 Å². The van der Waals surface area contributed by atoms with E-state index in [1.807, 2.05) is 68.4 Å². The topological polar surface area (TPSA) is 75.3 Å². The molecule has 4 rings (SSSR count). The maximum atomic E-state index is 13.7. The van der Waals surface area contributed by atoms with Crippen LogP contribution < -0.4 is 10.6 Å². The molecular formula is C30H38N2O3S. The van der Waals surface area contributed by atoms with E-state index in [0.717, 1.165) is 75.1 Å². The van der Waals surface area contributed by atoms with Crippen molar-refractivity contribution in [1.29, 1.82) is 0 Å². The van der Waals surface area contributed by atoms with Gasteiger partial charge in [0.25, 0.3) is 0 Å². The van der Waals surface area contributed by atoms with Crippen molar-refractivity contribution in [3.8, 4) is 0 Å². The van der Waals surface area contributed by atoms with Gasteiger partial charge in [0.05, 0.1) is 5.69 Å². The van der Waals surface area contributed by atoms with Gasteiger partial charge in [-0.3, -0.25) is 14.4 Å². The van der Waals surface area contributed by atoms with Crippen LogP contribution in [0.25, 0.3) is 0 Å². The van der Waals surface area contributed by atoms with Crippen LogP contribution in [0.5, 0.6) is 0 Å². The lowest BCUT2D eigenvalue weighted by Gasteiger charge is -2.33. The first-order valence-electron chi connectivity index (χ1n) is 13.3. The van der Waals surface area contributed by atoms with E-state index in [2.05, 4.69) is 10.6 Å². The third-order valence-corrected chi connectivity index (χ3v) is 9.01. The summed E-state index contributed by atoms with van der Waals surface area (Å²) in [4.78, 5) is 40.9. The lowest BCUT2D eigenvalue weighted by molar-refractivity contribution is -0.134. The molecule has 192 valence electrons. The second-order valence-corrected chi connectivity index (χ2v) is 12.0. The van der Waals surface area contributed by atoms with Gasteiger partial charge in [0.2, 0.25) is 16.9 Å². The number of benzene rings is 2. The van der Waals surface area contributed by atoms with Crippen molar-refractivity contribution in [3.05, 3.63) is 60.2 Å². The summed E-state index contributed by atoms with van der Waals surface area (Å²) in [5.74, 6) is -0.0438. The summed E-state index contributed by atoms with van der Waals surface area (Å²) in [6.45, 7) is 4.05. The average molecular weight is 507 g/mol. The predicted molar refractivity (Wildman–Crippen MR) is 146 cm³/mol. The molecule has 5 nitrogen and oxygen atoms in total. The fraction of sp³-hybridized carbons (Fsp3) is 0.500. The highest BCUT2D eigenvalue weighted by Gasteiger charge is 2.38. The highest BCUT2D eigenvalue weighted by molar-refractivity contribution is 8.13. The maximum Gasteiger partial charge on any atom is 0.230 e. The summed E-state index contributed by atoms with van der Waals surface area (Å²) in [6, 6.07) is 16.1.